The fraction of sp³-hybridized carbons (Fsp3) is 0.438. The van der Waals surface area contributed by atoms with E-state index >= 15 is 0 Å². The Morgan fingerprint density at radius 1 is 1.30 bits per heavy atom. The maximum Gasteiger partial charge on any atom is 0.224 e. The van der Waals surface area contributed by atoms with E-state index in [0.717, 1.165) is 6.42 Å². The molecule has 0 unspecified atom stereocenters. The van der Waals surface area contributed by atoms with E-state index in [0.29, 0.717) is 6.54 Å². The normalized spacial score (nSPS) is 23.0. The summed E-state index contributed by atoms with van der Waals surface area (Å²) in [4.78, 5) is 12.2. The first-order valence-electron chi connectivity index (χ1n) is 6.77. The van der Waals surface area contributed by atoms with Crippen molar-refractivity contribution in [2.75, 3.05) is 6.54 Å². The van der Waals surface area contributed by atoms with Crippen LogP contribution in [0.4, 0.5) is 0 Å². The Labute approximate surface area is 130 Å². The number of rotatable bonds is 5. The molecule has 0 heterocycles. The van der Waals surface area contributed by atoms with Crippen LogP contribution in [0, 0.1) is 17.3 Å². The van der Waals surface area contributed by atoms with Crippen LogP contribution in [0.3, 0.4) is 0 Å². The van der Waals surface area contributed by atoms with Crippen molar-refractivity contribution < 1.29 is 4.79 Å². The van der Waals surface area contributed by atoms with E-state index in [1.165, 1.54) is 5.56 Å². The van der Waals surface area contributed by atoms with Crippen LogP contribution in [0.25, 0.3) is 0 Å². The SMILES string of the molecule is CC1(C)[C@H](C=C(Cl)Cl)[C@@H]1C(=O)NCCc1ccccc1. The van der Waals surface area contributed by atoms with Crippen LogP contribution >= 0.6 is 23.2 Å². The highest BCUT2D eigenvalue weighted by Crippen LogP contribution is 2.59. The fourth-order valence-corrected chi connectivity index (χ4v) is 2.98. The molecule has 108 valence electrons. The molecule has 1 aromatic rings. The maximum atomic E-state index is 12.2. The minimum absolute atomic E-state index is 0.0363. The summed E-state index contributed by atoms with van der Waals surface area (Å²) in [5, 5.41) is 3.00. The quantitative estimate of drug-likeness (QED) is 0.877. The highest BCUT2D eigenvalue weighted by atomic mass is 35.5. The summed E-state index contributed by atoms with van der Waals surface area (Å²) in [5.74, 6) is 0.178. The Morgan fingerprint density at radius 2 is 1.95 bits per heavy atom. The molecule has 4 heteroatoms. The molecule has 20 heavy (non-hydrogen) atoms. The van der Waals surface area contributed by atoms with Crippen molar-refractivity contribution in [2.45, 2.75) is 20.3 Å². The van der Waals surface area contributed by atoms with Crippen LogP contribution in [0.2, 0.25) is 0 Å². The van der Waals surface area contributed by atoms with Gasteiger partial charge in [-0.05, 0) is 29.4 Å². The van der Waals surface area contributed by atoms with Gasteiger partial charge in [0.25, 0.3) is 0 Å². The number of hydrogen-bond donors (Lipinski definition) is 1. The summed E-state index contributed by atoms with van der Waals surface area (Å²) >= 11 is 11.4. The summed E-state index contributed by atoms with van der Waals surface area (Å²) in [7, 11) is 0. The van der Waals surface area contributed by atoms with Crippen LogP contribution in [-0.4, -0.2) is 12.5 Å². The summed E-state index contributed by atoms with van der Waals surface area (Å²) < 4.78 is 0.239. The van der Waals surface area contributed by atoms with Crippen LogP contribution in [-0.2, 0) is 11.2 Å². The van der Waals surface area contributed by atoms with Crippen molar-refractivity contribution in [3.8, 4) is 0 Å². The number of halogens is 2. The van der Waals surface area contributed by atoms with Gasteiger partial charge in [0.15, 0.2) is 0 Å². The topological polar surface area (TPSA) is 29.1 Å². The zero-order valence-corrected chi connectivity index (χ0v) is 13.2. The maximum absolute atomic E-state index is 12.2. The molecule has 1 fully saturated rings. The van der Waals surface area contributed by atoms with Gasteiger partial charge in [0.2, 0.25) is 5.91 Å². The average molecular weight is 312 g/mol. The Kier molecular flexibility index (Phi) is 4.77. The van der Waals surface area contributed by atoms with E-state index in [2.05, 4.69) is 31.3 Å². The van der Waals surface area contributed by atoms with Crippen molar-refractivity contribution in [1.29, 1.82) is 0 Å². The Balaban J connectivity index is 1.83. The predicted molar refractivity (Wildman–Crippen MR) is 83.7 cm³/mol. The summed E-state index contributed by atoms with van der Waals surface area (Å²) in [6.45, 7) is 4.78. The second-order valence-electron chi connectivity index (χ2n) is 5.81. The van der Waals surface area contributed by atoms with Crippen LogP contribution in [0.1, 0.15) is 19.4 Å². The molecule has 0 bridgehead atoms. The molecular weight excluding hydrogens is 293 g/mol. The number of carbonyl (C=O) groups excluding carboxylic acids is 1. The largest absolute Gasteiger partial charge is 0.355 e. The van der Waals surface area contributed by atoms with Crippen LogP contribution in [0.5, 0.6) is 0 Å². The molecule has 1 N–H and O–H groups in total. The van der Waals surface area contributed by atoms with Gasteiger partial charge in [-0.3, -0.25) is 4.79 Å². The monoisotopic (exact) mass is 311 g/mol. The molecule has 2 atom stereocenters. The van der Waals surface area contributed by atoms with E-state index < -0.39 is 0 Å². The number of benzene rings is 1. The summed E-state index contributed by atoms with van der Waals surface area (Å²) in [6.07, 6.45) is 2.61. The summed E-state index contributed by atoms with van der Waals surface area (Å²) in [5.41, 5.74) is 1.16. The van der Waals surface area contributed by atoms with E-state index in [4.69, 9.17) is 23.2 Å². The molecule has 0 saturated heterocycles. The zero-order chi connectivity index (χ0) is 14.8. The Bertz CT molecular complexity index is 506. The van der Waals surface area contributed by atoms with Gasteiger partial charge in [-0.1, -0.05) is 67.4 Å². The van der Waals surface area contributed by atoms with Gasteiger partial charge in [0.1, 0.15) is 4.49 Å². The first kappa shape index (κ1) is 15.4. The molecule has 0 spiro atoms. The number of hydrogen-bond acceptors (Lipinski definition) is 1. The standard InChI is InChI=1S/C16H19Cl2NO/c1-16(2)12(10-13(17)18)14(16)15(20)19-9-8-11-6-4-3-5-7-11/h3-7,10,12,14H,8-9H2,1-2H3,(H,19,20)/t12-,14-/m1/s1. The minimum atomic E-state index is -0.0636. The molecule has 1 saturated carbocycles. The van der Waals surface area contributed by atoms with Gasteiger partial charge in [-0.25, -0.2) is 0 Å². The molecular formula is C16H19Cl2NO. The van der Waals surface area contributed by atoms with Gasteiger partial charge >= 0.3 is 0 Å². The van der Waals surface area contributed by atoms with Crippen molar-refractivity contribution in [3.63, 3.8) is 0 Å². The van der Waals surface area contributed by atoms with Crippen molar-refractivity contribution in [2.24, 2.45) is 17.3 Å². The Morgan fingerprint density at radius 3 is 2.55 bits per heavy atom. The molecule has 1 aromatic carbocycles. The van der Waals surface area contributed by atoms with Gasteiger partial charge in [0.05, 0.1) is 5.92 Å². The molecule has 2 nitrogen and oxygen atoms in total. The lowest BCUT2D eigenvalue weighted by Crippen LogP contribution is -2.28. The molecule has 1 aliphatic rings. The third kappa shape index (κ3) is 3.56. The molecule has 1 aliphatic carbocycles. The number of allylic oxidation sites excluding steroid dienone is 1. The Hall–Kier alpha value is -0.990. The molecule has 0 radical (unpaired) electrons. The number of amides is 1. The highest BCUT2D eigenvalue weighted by molar-refractivity contribution is 6.55. The second kappa shape index (κ2) is 6.19. The van der Waals surface area contributed by atoms with Gasteiger partial charge in [-0.2, -0.15) is 0 Å². The van der Waals surface area contributed by atoms with Crippen LogP contribution in [0.15, 0.2) is 40.9 Å². The molecule has 1 amide bonds. The third-order valence-corrected chi connectivity index (χ3v) is 4.31. The fourth-order valence-electron chi connectivity index (χ4n) is 2.71. The van der Waals surface area contributed by atoms with Crippen molar-refractivity contribution >= 4 is 29.1 Å². The van der Waals surface area contributed by atoms with Gasteiger partial charge < -0.3 is 5.32 Å². The zero-order valence-electron chi connectivity index (χ0n) is 11.7. The van der Waals surface area contributed by atoms with Gasteiger partial charge in [0, 0.05) is 6.54 Å². The second-order valence-corrected chi connectivity index (χ2v) is 6.82. The van der Waals surface area contributed by atoms with E-state index in [-0.39, 0.29) is 27.6 Å². The van der Waals surface area contributed by atoms with E-state index in [1.54, 1.807) is 6.08 Å². The minimum Gasteiger partial charge on any atom is -0.355 e. The first-order valence-corrected chi connectivity index (χ1v) is 7.53. The van der Waals surface area contributed by atoms with Crippen LogP contribution < -0.4 is 5.32 Å². The molecule has 2 rings (SSSR count). The lowest BCUT2D eigenvalue weighted by Gasteiger charge is -2.06. The molecule has 0 aliphatic heterocycles. The van der Waals surface area contributed by atoms with Crippen molar-refractivity contribution in [3.05, 3.63) is 46.5 Å². The average Bonchev–Trinajstić information content (AvgIpc) is 2.91. The van der Waals surface area contributed by atoms with E-state index in [1.807, 2.05) is 18.2 Å². The van der Waals surface area contributed by atoms with E-state index in [9.17, 15) is 4.79 Å². The number of carbonyl (C=O) groups is 1. The number of nitrogens with one attached hydrogen (secondary N) is 1. The van der Waals surface area contributed by atoms with Crippen molar-refractivity contribution in [1.82, 2.24) is 5.32 Å². The van der Waals surface area contributed by atoms with Gasteiger partial charge in [-0.15, -0.1) is 0 Å². The third-order valence-electron chi connectivity index (χ3n) is 4.05. The summed E-state index contributed by atoms with van der Waals surface area (Å²) in [6, 6.07) is 10.1. The smallest absolute Gasteiger partial charge is 0.224 e. The lowest BCUT2D eigenvalue weighted by molar-refractivity contribution is -0.123. The molecule has 0 aromatic heterocycles. The highest BCUT2D eigenvalue weighted by Gasteiger charge is 2.60. The lowest BCUT2D eigenvalue weighted by atomic mass is 10.1. The first-order chi connectivity index (χ1) is 9.43. The predicted octanol–water partition coefficient (Wildman–Crippen LogP) is 3.94.